The van der Waals surface area contributed by atoms with Gasteiger partial charge in [-0.05, 0) is 44.5 Å². The van der Waals surface area contributed by atoms with Crippen molar-refractivity contribution < 1.29 is 27.5 Å². The highest BCUT2D eigenvalue weighted by molar-refractivity contribution is 7.89. The highest BCUT2D eigenvalue weighted by atomic mass is 32.2. The molecule has 1 amide bonds. The second kappa shape index (κ2) is 10.8. The molecule has 0 fully saturated rings. The number of carbonyl (C=O) groups is 2. The molecule has 1 rings (SSSR count). The lowest BCUT2D eigenvalue weighted by Crippen LogP contribution is -2.35. The molecule has 0 bridgehead atoms. The number of amides is 1. The van der Waals surface area contributed by atoms with Crippen LogP contribution in [0.25, 0.3) is 0 Å². The molecule has 26 heavy (non-hydrogen) atoms. The quantitative estimate of drug-likeness (QED) is 0.553. The highest BCUT2D eigenvalue weighted by Gasteiger charge is 2.15. The van der Waals surface area contributed by atoms with Gasteiger partial charge in [-0.2, -0.15) is 0 Å². The summed E-state index contributed by atoms with van der Waals surface area (Å²) in [6, 6.07) is 5.96. The summed E-state index contributed by atoms with van der Waals surface area (Å²) in [5.41, 5.74) is 0. The van der Waals surface area contributed by atoms with E-state index in [4.69, 9.17) is 9.47 Å². The van der Waals surface area contributed by atoms with Crippen LogP contribution >= 0.6 is 0 Å². The van der Waals surface area contributed by atoms with Crippen LogP contribution in [-0.4, -0.2) is 46.1 Å². The number of carbonyl (C=O) groups excluding carboxylic acids is 2. The fraction of sp³-hybridized carbons (Fsp3) is 0.529. The number of hydrogen-bond donors (Lipinski definition) is 2. The van der Waals surface area contributed by atoms with Crippen LogP contribution in [-0.2, 0) is 24.3 Å². The minimum absolute atomic E-state index is 0.00197. The first-order valence-corrected chi connectivity index (χ1v) is 9.94. The van der Waals surface area contributed by atoms with Crippen molar-refractivity contribution in [3.05, 3.63) is 24.3 Å². The first-order valence-electron chi connectivity index (χ1n) is 8.46. The predicted molar refractivity (Wildman–Crippen MR) is 96.3 cm³/mol. The van der Waals surface area contributed by atoms with Gasteiger partial charge >= 0.3 is 5.97 Å². The Kier molecular flexibility index (Phi) is 9.08. The predicted octanol–water partition coefficient (Wildman–Crippen LogP) is 1.21. The molecule has 1 aromatic rings. The number of benzene rings is 1. The molecule has 1 atom stereocenters. The van der Waals surface area contributed by atoms with Crippen LogP contribution in [0.3, 0.4) is 0 Å². The number of sulfonamides is 1. The zero-order chi connectivity index (χ0) is 19.6. The Morgan fingerprint density at radius 2 is 1.81 bits per heavy atom. The van der Waals surface area contributed by atoms with Gasteiger partial charge in [0.2, 0.25) is 10.0 Å². The van der Waals surface area contributed by atoms with E-state index in [9.17, 15) is 18.0 Å². The minimum Gasteiger partial charge on any atom is -0.494 e. The van der Waals surface area contributed by atoms with Gasteiger partial charge in [0, 0.05) is 12.6 Å². The average molecular weight is 386 g/mol. The summed E-state index contributed by atoms with van der Waals surface area (Å²) in [6.07, 6.45) is 0.597. The van der Waals surface area contributed by atoms with Crippen molar-refractivity contribution in [2.24, 2.45) is 0 Å². The largest absolute Gasteiger partial charge is 0.494 e. The fourth-order valence-electron chi connectivity index (χ4n) is 1.89. The van der Waals surface area contributed by atoms with E-state index in [2.05, 4.69) is 10.0 Å². The first kappa shape index (κ1) is 21.9. The van der Waals surface area contributed by atoms with E-state index in [1.807, 2.05) is 20.8 Å². The molecular formula is C17H26N2O6S. The maximum Gasteiger partial charge on any atom is 0.307 e. The Bertz CT molecular complexity index is 688. The number of ether oxygens (including phenoxy) is 2. The van der Waals surface area contributed by atoms with E-state index < -0.39 is 16.0 Å². The van der Waals surface area contributed by atoms with Gasteiger partial charge < -0.3 is 14.8 Å². The molecule has 9 heteroatoms. The SMILES string of the molecule is CCOc1ccc(S(=O)(=O)NCCC(=O)OCC(=O)NC(C)CC)cc1. The monoisotopic (exact) mass is 386 g/mol. The fourth-order valence-corrected chi connectivity index (χ4v) is 2.92. The number of esters is 1. The molecule has 0 aliphatic heterocycles. The number of rotatable bonds is 11. The summed E-state index contributed by atoms with van der Waals surface area (Å²) in [5, 5.41) is 2.66. The standard InChI is InChI=1S/C17H26N2O6S/c1-4-13(3)19-16(20)12-25-17(21)10-11-18-26(22,23)15-8-6-14(7-9-15)24-5-2/h6-9,13,18H,4-5,10-12H2,1-3H3,(H,19,20). The molecule has 8 nitrogen and oxygen atoms in total. The second-order valence-corrected chi connectivity index (χ2v) is 7.36. The Labute approximate surface area is 154 Å². The Morgan fingerprint density at radius 1 is 1.15 bits per heavy atom. The third-order valence-corrected chi connectivity index (χ3v) is 4.93. The number of hydrogen-bond acceptors (Lipinski definition) is 6. The lowest BCUT2D eigenvalue weighted by atomic mass is 10.2. The first-order chi connectivity index (χ1) is 12.3. The number of nitrogens with one attached hydrogen (secondary N) is 2. The van der Waals surface area contributed by atoms with Gasteiger partial charge in [-0.15, -0.1) is 0 Å². The van der Waals surface area contributed by atoms with Crippen LogP contribution < -0.4 is 14.8 Å². The zero-order valence-corrected chi connectivity index (χ0v) is 16.1. The molecule has 0 aromatic heterocycles. The average Bonchev–Trinajstić information content (AvgIpc) is 2.60. The van der Waals surface area contributed by atoms with E-state index in [1.54, 1.807) is 12.1 Å². The molecule has 0 spiro atoms. The molecule has 0 aliphatic carbocycles. The molecule has 0 aliphatic rings. The van der Waals surface area contributed by atoms with Crippen molar-refractivity contribution in [3.8, 4) is 5.75 Å². The van der Waals surface area contributed by atoms with Gasteiger partial charge in [-0.1, -0.05) is 6.92 Å². The third-order valence-electron chi connectivity index (χ3n) is 3.45. The molecule has 0 saturated carbocycles. The molecular weight excluding hydrogens is 360 g/mol. The highest BCUT2D eigenvalue weighted by Crippen LogP contribution is 2.15. The van der Waals surface area contributed by atoms with Crippen molar-refractivity contribution in [1.29, 1.82) is 0 Å². The molecule has 2 N–H and O–H groups in total. The van der Waals surface area contributed by atoms with Gasteiger partial charge in [-0.25, -0.2) is 13.1 Å². The lowest BCUT2D eigenvalue weighted by Gasteiger charge is -2.11. The van der Waals surface area contributed by atoms with Crippen LogP contribution in [0.2, 0.25) is 0 Å². The Hall–Kier alpha value is -2.13. The molecule has 146 valence electrons. The lowest BCUT2D eigenvalue weighted by molar-refractivity contribution is -0.148. The summed E-state index contributed by atoms with van der Waals surface area (Å²) in [5.74, 6) is -0.466. The van der Waals surface area contributed by atoms with E-state index in [0.29, 0.717) is 12.4 Å². The molecule has 1 unspecified atom stereocenters. The normalized spacial score (nSPS) is 12.3. The van der Waals surface area contributed by atoms with Crippen LogP contribution in [0.5, 0.6) is 5.75 Å². The van der Waals surface area contributed by atoms with Gasteiger partial charge in [0.15, 0.2) is 6.61 Å². The van der Waals surface area contributed by atoms with Crippen molar-refractivity contribution in [3.63, 3.8) is 0 Å². The van der Waals surface area contributed by atoms with E-state index in [0.717, 1.165) is 6.42 Å². The third kappa shape index (κ3) is 7.83. The summed E-state index contributed by atoms with van der Waals surface area (Å²) in [4.78, 5) is 23.2. The van der Waals surface area contributed by atoms with Crippen molar-refractivity contribution in [1.82, 2.24) is 10.0 Å². The molecule has 1 aromatic carbocycles. The maximum atomic E-state index is 12.1. The molecule has 0 radical (unpaired) electrons. The second-order valence-electron chi connectivity index (χ2n) is 5.59. The molecule has 0 heterocycles. The van der Waals surface area contributed by atoms with Crippen LogP contribution in [0.4, 0.5) is 0 Å². The Morgan fingerprint density at radius 3 is 2.38 bits per heavy atom. The molecule has 0 saturated heterocycles. The smallest absolute Gasteiger partial charge is 0.307 e. The van der Waals surface area contributed by atoms with E-state index in [-0.39, 0.29) is 36.4 Å². The van der Waals surface area contributed by atoms with Crippen LogP contribution in [0.1, 0.15) is 33.6 Å². The van der Waals surface area contributed by atoms with Gasteiger partial charge in [-0.3, -0.25) is 9.59 Å². The van der Waals surface area contributed by atoms with Crippen molar-refractivity contribution >= 4 is 21.9 Å². The summed E-state index contributed by atoms with van der Waals surface area (Å²) >= 11 is 0. The van der Waals surface area contributed by atoms with Gasteiger partial charge in [0.1, 0.15) is 5.75 Å². The topological polar surface area (TPSA) is 111 Å². The van der Waals surface area contributed by atoms with Crippen LogP contribution in [0, 0.1) is 0 Å². The van der Waals surface area contributed by atoms with Gasteiger partial charge in [0.25, 0.3) is 5.91 Å². The Balaban J connectivity index is 2.38. The maximum absolute atomic E-state index is 12.1. The van der Waals surface area contributed by atoms with Crippen molar-refractivity contribution in [2.45, 2.75) is 44.6 Å². The van der Waals surface area contributed by atoms with Gasteiger partial charge in [0.05, 0.1) is 17.9 Å². The van der Waals surface area contributed by atoms with E-state index >= 15 is 0 Å². The summed E-state index contributed by atoms with van der Waals surface area (Å²) in [7, 11) is -3.73. The van der Waals surface area contributed by atoms with E-state index in [1.165, 1.54) is 12.1 Å². The minimum atomic E-state index is -3.73. The summed E-state index contributed by atoms with van der Waals surface area (Å²) < 4.78 is 36.7. The van der Waals surface area contributed by atoms with Crippen molar-refractivity contribution in [2.75, 3.05) is 19.8 Å². The van der Waals surface area contributed by atoms with Crippen LogP contribution in [0.15, 0.2) is 29.2 Å². The summed E-state index contributed by atoms with van der Waals surface area (Å²) in [6.45, 7) is 5.58. The zero-order valence-electron chi connectivity index (χ0n) is 15.3.